The highest BCUT2D eigenvalue weighted by Gasteiger charge is 2.29. The van der Waals surface area contributed by atoms with Crippen molar-refractivity contribution in [3.05, 3.63) is 23.8 Å². The van der Waals surface area contributed by atoms with Gasteiger partial charge in [-0.25, -0.2) is 0 Å². The number of carbonyl (C=O) groups excluding carboxylic acids is 1. The third-order valence-electron chi connectivity index (χ3n) is 3.63. The SMILES string of the molecule is COc1c(N)cccc1C(=O)N(C)C(C)C(C)(C)C. The molecule has 1 rings (SSSR count). The van der Waals surface area contributed by atoms with E-state index in [-0.39, 0.29) is 17.4 Å². The topological polar surface area (TPSA) is 55.6 Å². The Morgan fingerprint density at radius 2 is 1.95 bits per heavy atom. The minimum absolute atomic E-state index is 0.0119. The highest BCUT2D eigenvalue weighted by molar-refractivity contribution is 5.98. The van der Waals surface area contributed by atoms with E-state index in [2.05, 4.69) is 20.8 Å². The van der Waals surface area contributed by atoms with Crippen LogP contribution in [0.2, 0.25) is 0 Å². The number of hydrogen-bond acceptors (Lipinski definition) is 3. The molecule has 19 heavy (non-hydrogen) atoms. The van der Waals surface area contributed by atoms with Gasteiger partial charge in [0.1, 0.15) is 0 Å². The summed E-state index contributed by atoms with van der Waals surface area (Å²) < 4.78 is 5.24. The maximum Gasteiger partial charge on any atom is 0.257 e. The number of para-hydroxylation sites is 1. The van der Waals surface area contributed by atoms with Crippen molar-refractivity contribution in [1.29, 1.82) is 0 Å². The minimum atomic E-state index is -0.0772. The average molecular weight is 264 g/mol. The predicted molar refractivity (Wildman–Crippen MR) is 78.4 cm³/mol. The number of nitrogens with two attached hydrogens (primary N) is 1. The molecule has 0 aromatic heterocycles. The summed E-state index contributed by atoms with van der Waals surface area (Å²) in [6, 6.07) is 5.33. The smallest absolute Gasteiger partial charge is 0.257 e. The molecule has 0 saturated heterocycles. The highest BCUT2D eigenvalue weighted by Crippen LogP contribution is 2.29. The van der Waals surface area contributed by atoms with Crippen LogP contribution in [0.1, 0.15) is 38.1 Å². The molecule has 0 aliphatic carbocycles. The van der Waals surface area contributed by atoms with Crippen LogP contribution in [0.15, 0.2) is 18.2 Å². The van der Waals surface area contributed by atoms with E-state index in [1.807, 2.05) is 6.92 Å². The fourth-order valence-corrected chi connectivity index (χ4v) is 1.90. The number of methoxy groups -OCH3 is 1. The first kappa shape index (κ1) is 15.3. The van der Waals surface area contributed by atoms with E-state index in [0.29, 0.717) is 17.0 Å². The van der Waals surface area contributed by atoms with E-state index in [1.165, 1.54) is 7.11 Å². The number of carbonyl (C=O) groups is 1. The Morgan fingerprint density at radius 1 is 1.37 bits per heavy atom. The summed E-state index contributed by atoms with van der Waals surface area (Å²) in [6.45, 7) is 8.37. The van der Waals surface area contributed by atoms with Crippen LogP contribution in [-0.4, -0.2) is 31.0 Å². The summed E-state index contributed by atoms with van der Waals surface area (Å²) in [7, 11) is 3.33. The molecule has 4 nitrogen and oxygen atoms in total. The second-order valence-corrected chi connectivity index (χ2v) is 5.89. The van der Waals surface area contributed by atoms with Crippen LogP contribution in [0.4, 0.5) is 5.69 Å². The fraction of sp³-hybridized carbons (Fsp3) is 0.533. The summed E-state index contributed by atoms with van der Waals surface area (Å²) in [5.74, 6) is 0.368. The third-order valence-corrected chi connectivity index (χ3v) is 3.63. The Morgan fingerprint density at radius 3 is 2.42 bits per heavy atom. The van der Waals surface area contributed by atoms with Crippen molar-refractivity contribution >= 4 is 11.6 Å². The summed E-state index contributed by atoms with van der Waals surface area (Å²) in [5, 5.41) is 0. The molecular weight excluding hydrogens is 240 g/mol. The lowest BCUT2D eigenvalue weighted by Gasteiger charge is -2.35. The second kappa shape index (κ2) is 5.51. The Balaban J connectivity index is 3.11. The summed E-state index contributed by atoms with van der Waals surface area (Å²) in [4.78, 5) is 14.3. The number of amides is 1. The van der Waals surface area contributed by atoms with Crippen molar-refractivity contribution in [2.24, 2.45) is 5.41 Å². The van der Waals surface area contributed by atoms with E-state index in [1.54, 1.807) is 30.1 Å². The molecule has 0 bridgehead atoms. The standard InChI is InChI=1S/C15H24N2O2/c1-10(15(2,3)4)17(5)14(18)11-8-7-9-12(16)13(11)19-6/h7-10H,16H2,1-6H3. The Labute approximate surface area is 115 Å². The van der Waals surface area contributed by atoms with Gasteiger partial charge in [0.2, 0.25) is 0 Å². The number of hydrogen-bond donors (Lipinski definition) is 1. The van der Waals surface area contributed by atoms with Crippen LogP contribution in [0, 0.1) is 5.41 Å². The number of benzene rings is 1. The second-order valence-electron chi connectivity index (χ2n) is 5.89. The molecule has 4 heteroatoms. The van der Waals surface area contributed by atoms with Crippen molar-refractivity contribution in [1.82, 2.24) is 4.90 Å². The lowest BCUT2D eigenvalue weighted by molar-refractivity contribution is 0.0626. The number of rotatable bonds is 3. The van der Waals surface area contributed by atoms with E-state index >= 15 is 0 Å². The van der Waals surface area contributed by atoms with E-state index in [4.69, 9.17) is 10.5 Å². The van der Waals surface area contributed by atoms with Crippen molar-refractivity contribution in [3.63, 3.8) is 0 Å². The molecule has 1 aromatic rings. The van der Waals surface area contributed by atoms with Gasteiger partial charge in [0.05, 0.1) is 18.4 Å². The van der Waals surface area contributed by atoms with Gasteiger partial charge >= 0.3 is 0 Å². The third kappa shape index (κ3) is 3.19. The van der Waals surface area contributed by atoms with Gasteiger partial charge in [0, 0.05) is 13.1 Å². The van der Waals surface area contributed by atoms with Gasteiger partial charge in [-0.3, -0.25) is 4.79 Å². The van der Waals surface area contributed by atoms with Crippen LogP contribution in [0.25, 0.3) is 0 Å². The molecule has 0 spiro atoms. The number of nitrogen functional groups attached to an aromatic ring is 1. The lowest BCUT2D eigenvalue weighted by atomic mass is 9.87. The van der Waals surface area contributed by atoms with Crippen molar-refractivity contribution in [2.45, 2.75) is 33.7 Å². The molecule has 106 valence electrons. The molecule has 0 aliphatic heterocycles. The average Bonchev–Trinajstić information content (AvgIpc) is 2.34. The molecule has 0 radical (unpaired) electrons. The molecule has 1 aromatic carbocycles. The van der Waals surface area contributed by atoms with Gasteiger partial charge in [0.25, 0.3) is 5.91 Å². The Bertz CT molecular complexity index is 464. The first-order valence-electron chi connectivity index (χ1n) is 6.39. The van der Waals surface area contributed by atoms with Gasteiger partial charge in [-0.15, -0.1) is 0 Å². The van der Waals surface area contributed by atoms with Crippen LogP contribution >= 0.6 is 0 Å². The number of nitrogens with zero attached hydrogens (tertiary/aromatic N) is 1. The zero-order valence-corrected chi connectivity index (χ0v) is 12.7. The molecule has 1 unspecified atom stereocenters. The maximum atomic E-state index is 12.6. The van der Waals surface area contributed by atoms with Gasteiger partial charge in [-0.2, -0.15) is 0 Å². The monoisotopic (exact) mass is 264 g/mol. The molecule has 0 fully saturated rings. The van der Waals surface area contributed by atoms with Crippen molar-refractivity contribution in [3.8, 4) is 5.75 Å². The van der Waals surface area contributed by atoms with E-state index < -0.39 is 0 Å². The minimum Gasteiger partial charge on any atom is -0.494 e. The van der Waals surface area contributed by atoms with Crippen molar-refractivity contribution < 1.29 is 9.53 Å². The summed E-state index contributed by atoms with van der Waals surface area (Å²) >= 11 is 0. The van der Waals surface area contributed by atoms with Gasteiger partial charge in [0.15, 0.2) is 5.75 Å². The van der Waals surface area contributed by atoms with Gasteiger partial charge < -0.3 is 15.4 Å². The Hall–Kier alpha value is -1.71. The largest absolute Gasteiger partial charge is 0.494 e. The van der Waals surface area contributed by atoms with Crippen LogP contribution in [0.3, 0.4) is 0 Å². The highest BCUT2D eigenvalue weighted by atomic mass is 16.5. The first-order chi connectivity index (χ1) is 8.70. The normalized spacial score (nSPS) is 12.9. The zero-order chi connectivity index (χ0) is 14.8. The van der Waals surface area contributed by atoms with E-state index in [9.17, 15) is 4.79 Å². The molecule has 0 heterocycles. The van der Waals surface area contributed by atoms with Crippen molar-refractivity contribution in [2.75, 3.05) is 19.9 Å². The zero-order valence-electron chi connectivity index (χ0n) is 12.7. The van der Waals surface area contributed by atoms with Crippen LogP contribution in [-0.2, 0) is 0 Å². The Kier molecular flexibility index (Phi) is 4.45. The lowest BCUT2D eigenvalue weighted by Crippen LogP contribution is -2.43. The summed E-state index contributed by atoms with van der Waals surface area (Å²) in [6.07, 6.45) is 0. The molecule has 1 atom stereocenters. The predicted octanol–water partition coefficient (Wildman–Crippen LogP) is 2.78. The molecule has 2 N–H and O–H groups in total. The van der Waals surface area contributed by atoms with Crippen LogP contribution in [0.5, 0.6) is 5.75 Å². The molecule has 0 aliphatic rings. The van der Waals surface area contributed by atoms with Gasteiger partial charge in [-0.1, -0.05) is 26.8 Å². The number of anilines is 1. The molecule has 0 saturated carbocycles. The van der Waals surface area contributed by atoms with E-state index in [0.717, 1.165) is 0 Å². The van der Waals surface area contributed by atoms with Crippen LogP contribution < -0.4 is 10.5 Å². The number of ether oxygens (including phenoxy) is 1. The molecular formula is C15H24N2O2. The quantitative estimate of drug-likeness (QED) is 0.854. The first-order valence-corrected chi connectivity index (χ1v) is 6.39. The van der Waals surface area contributed by atoms with Gasteiger partial charge in [-0.05, 0) is 24.5 Å². The molecule has 1 amide bonds. The fourth-order valence-electron chi connectivity index (χ4n) is 1.90. The summed E-state index contributed by atoms with van der Waals surface area (Å²) in [5.41, 5.74) is 6.83. The maximum absolute atomic E-state index is 12.6.